The van der Waals surface area contributed by atoms with Crippen molar-refractivity contribution in [2.75, 3.05) is 34.7 Å². The minimum atomic E-state index is -0.183. The largest absolute Gasteiger partial charge is 0.349 e. The highest BCUT2D eigenvalue weighted by atomic mass is 16.2. The molecule has 154 valence electrons. The minimum Gasteiger partial charge on any atom is -0.349 e. The summed E-state index contributed by atoms with van der Waals surface area (Å²) < 4.78 is 0. The second-order valence-corrected chi connectivity index (χ2v) is 9.06. The average molecular weight is 387 g/mol. The van der Waals surface area contributed by atoms with Crippen molar-refractivity contribution < 1.29 is 9.59 Å². The highest BCUT2D eigenvalue weighted by molar-refractivity contribution is 5.94. The molecule has 6 nitrogen and oxygen atoms in total. The van der Waals surface area contributed by atoms with E-state index in [0.29, 0.717) is 23.8 Å². The number of carbonyl (C=O) groups is 2. The van der Waals surface area contributed by atoms with Crippen molar-refractivity contribution in [1.29, 1.82) is 0 Å². The zero-order valence-corrected chi connectivity index (χ0v) is 17.6. The maximum absolute atomic E-state index is 12.7. The Morgan fingerprint density at radius 2 is 1.75 bits per heavy atom. The van der Waals surface area contributed by atoms with E-state index in [1.165, 1.54) is 18.4 Å². The lowest BCUT2D eigenvalue weighted by Gasteiger charge is -2.20. The van der Waals surface area contributed by atoms with E-state index in [-0.39, 0.29) is 29.8 Å². The van der Waals surface area contributed by atoms with Crippen LogP contribution in [0, 0.1) is 5.92 Å². The summed E-state index contributed by atoms with van der Waals surface area (Å²) in [6, 6.07) is 7.70. The summed E-state index contributed by atoms with van der Waals surface area (Å²) in [5, 5.41) is 3.04. The second kappa shape index (κ2) is 8.21. The molecule has 0 saturated heterocycles. The number of rotatable bonds is 7. The van der Waals surface area contributed by atoms with Crippen LogP contribution in [0.25, 0.3) is 0 Å². The molecule has 1 aromatic rings. The molecule has 0 heterocycles. The maximum atomic E-state index is 12.7. The molecule has 3 atom stereocenters. The van der Waals surface area contributed by atoms with Gasteiger partial charge in [-0.1, -0.05) is 12.1 Å². The number of nitrogens with two attached hydrogens (primary N) is 1. The van der Waals surface area contributed by atoms with Crippen molar-refractivity contribution in [3.8, 4) is 0 Å². The van der Waals surface area contributed by atoms with E-state index in [9.17, 15) is 9.59 Å². The van der Waals surface area contributed by atoms with Gasteiger partial charge in [0.1, 0.15) is 0 Å². The van der Waals surface area contributed by atoms with Crippen molar-refractivity contribution in [3.05, 3.63) is 35.4 Å². The molecule has 1 aromatic carbocycles. The number of nitrogens with zero attached hydrogens (tertiary/aromatic N) is 2. The topological polar surface area (TPSA) is 78.7 Å². The molecule has 3 unspecified atom stereocenters. The lowest BCUT2D eigenvalue weighted by Crippen LogP contribution is -2.44. The van der Waals surface area contributed by atoms with Gasteiger partial charge < -0.3 is 20.9 Å². The van der Waals surface area contributed by atoms with Gasteiger partial charge in [-0.3, -0.25) is 9.59 Å². The lowest BCUT2D eigenvalue weighted by atomic mass is 9.91. The molecule has 0 bridgehead atoms. The first-order valence-corrected chi connectivity index (χ1v) is 10.2. The van der Waals surface area contributed by atoms with Gasteiger partial charge in [-0.2, -0.15) is 0 Å². The van der Waals surface area contributed by atoms with Crippen LogP contribution in [0.5, 0.6) is 0 Å². The van der Waals surface area contributed by atoms with Gasteiger partial charge in [0, 0.05) is 37.7 Å². The van der Waals surface area contributed by atoms with Crippen LogP contribution in [0.3, 0.4) is 0 Å². The van der Waals surface area contributed by atoms with Crippen LogP contribution in [0.2, 0.25) is 0 Å². The smallest absolute Gasteiger partial charge is 0.251 e. The Kier molecular flexibility index (Phi) is 6.10. The normalized spacial score (nSPS) is 25.6. The van der Waals surface area contributed by atoms with Crippen molar-refractivity contribution in [3.63, 3.8) is 0 Å². The molecule has 2 fully saturated rings. The Labute approximate surface area is 168 Å². The predicted molar refractivity (Wildman–Crippen MR) is 111 cm³/mol. The first-order valence-electron chi connectivity index (χ1n) is 10.2. The van der Waals surface area contributed by atoms with E-state index in [0.717, 1.165) is 13.0 Å². The summed E-state index contributed by atoms with van der Waals surface area (Å²) >= 11 is 0. The van der Waals surface area contributed by atoms with Crippen LogP contribution < -0.4 is 11.1 Å². The zero-order chi connectivity index (χ0) is 20.5. The van der Waals surface area contributed by atoms with Crippen molar-refractivity contribution in [2.24, 2.45) is 11.7 Å². The number of hydrogen-bond acceptors (Lipinski definition) is 4. The molecule has 2 amide bonds. The second-order valence-electron chi connectivity index (χ2n) is 9.06. The van der Waals surface area contributed by atoms with E-state index < -0.39 is 0 Å². The van der Waals surface area contributed by atoms with E-state index in [1.54, 1.807) is 19.0 Å². The number of nitrogens with one attached hydrogen (secondary N) is 1. The molecule has 2 aliphatic rings. The molecule has 6 heteroatoms. The molecule has 0 aromatic heterocycles. The summed E-state index contributed by atoms with van der Waals surface area (Å²) in [5.41, 5.74) is 8.48. The third-order valence-corrected chi connectivity index (χ3v) is 6.37. The van der Waals surface area contributed by atoms with E-state index in [1.807, 2.05) is 12.1 Å². The molecule has 3 N–H and O–H groups in total. The molecule has 0 aliphatic heterocycles. The van der Waals surface area contributed by atoms with Gasteiger partial charge in [-0.15, -0.1) is 0 Å². The van der Waals surface area contributed by atoms with Crippen LogP contribution in [0.4, 0.5) is 0 Å². The minimum absolute atomic E-state index is 0.0870. The molecule has 0 radical (unpaired) electrons. The molecule has 28 heavy (non-hydrogen) atoms. The van der Waals surface area contributed by atoms with Crippen molar-refractivity contribution in [1.82, 2.24) is 15.1 Å². The zero-order valence-electron chi connectivity index (χ0n) is 17.6. The van der Waals surface area contributed by atoms with Crippen LogP contribution in [-0.2, 0) is 10.2 Å². The average Bonchev–Trinajstić information content (AvgIpc) is 3.37. The first kappa shape index (κ1) is 20.8. The van der Waals surface area contributed by atoms with Gasteiger partial charge in [0.2, 0.25) is 5.91 Å². The Morgan fingerprint density at radius 3 is 2.29 bits per heavy atom. The summed E-state index contributed by atoms with van der Waals surface area (Å²) in [6.07, 6.45) is 4.84. The molecule has 3 rings (SSSR count). The number of carbonyl (C=O) groups excluding carboxylic acids is 2. The fraction of sp³-hybridized carbons (Fsp3) is 0.636. The summed E-state index contributed by atoms with van der Waals surface area (Å²) in [7, 11) is 7.72. The number of amides is 2. The van der Waals surface area contributed by atoms with Gasteiger partial charge in [0.25, 0.3) is 5.91 Å². The molecule has 0 spiro atoms. The van der Waals surface area contributed by atoms with Crippen molar-refractivity contribution in [2.45, 2.75) is 49.6 Å². The summed E-state index contributed by atoms with van der Waals surface area (Å²) in [4.78, 5) is 28.7. The summed E-state index contributed by atoms with van der Waals surface area (Å²) in [5.74, 6) is -0.129. The SMILES string of the molecule is CN(C)CCC1(c2ccc(C(=O)NC3CC(C(=O)N(C)C)CC3N)cc2)CC1. The van der Waals surface area contributed by atoms with E-state index >= 15 is 0 Å². The van der Waals surface area contributed by atoms with Crippen LogP contribution >= 0.6 is 0 Å². The van der Waals surface area contributed by atoms with Gasteiger partial charge >= 0.3 is 0 Å². The third-order valence-electron chi connectivity index (χ3n) is 6.37. The Morgan fingerprint density at radius 1 is 1.11 bits per heavy atom. The fourth-order valence-corrected chi connectivity index (χ4v) is 4.30. The monoisotopic (exact) mass is 386 g/mol. The number of benzene rings is 1. The van der Waals surface area contributed by atoms with Gasteiger partial charge in [0.15, 0.2) is 0 Å². The van der Waals surface area contributed by atoms with Crippen LogP contribution in [-0.4, -0.2) is 68.4 Å². The molecular formula is C22H34N4O2. The Balaban J connectivity index is 1.59. The predicted octanol–water partition coefficient (Wildman–Crippen LogP) is 1.59. The highest BCUT2D eigenvalue weighted by Gasteiger charge is 2.43. The Bertz CT molecular complexity index is 710. The van der Waals surface area contributed by atoms with Gasteiger partial charge in [-0.05, 0) is 75.9 Å². The highest BCUT2D eigenvalue weighted by Crippen LogP contribution is 2.51. The first-order chi connectivity index (χ1) is 13.2. The van der Waals surface area contributed by atoms with Crippen LogP contribution in [0.15, 0.2) is 24.3 Å². The molecule has 2 saturated carbocycles. The van der Waals surface area contributed by atoms with Crippen molar-refractivity contribution >= 4 is 11.8 Å². The standard InChI is InChI=1S/C22H34N4O2/c1-25(2)12-11-22(9-10-22)17-7-5-15(6-8-17)20(27)24-19-14-16(13-18(19)23)21(28)26(3)4/h5-8,16,18-19H,9-14,23H2,1-4H3,(H,24,27). The van der Waals surface area contributed by atoms with E-state index in [4.69, 9.17) is 5.73 Å². The lowest BCUT2D eigenvalue weighted by molar-refractivity contribution is -0.132. The molecular weight excluding hydrogens is 352 g/mol. The summed E-state index contributed by atoms with van der Waals surface area (Å²) in [6.45, 7) is 1.08. The van der Waals surface area contributed by atoms with Gasteiger partial charge in [0.05, 0.1) is 0 Å². The Hall–Kier alpha value is -1.92. The third kappa shape index (κ3) is 4.55. The fourth-order valence-electron chi connectivity index (χ4n) is 4.30. The quantitative estimate of drug-likeness (QED) is 0.746. The molecule has 2 aliphatic carbocycles. The van der Waals surface area contributed by atoms with Gasteiger partial charge in [-0.25, -0.2) is 0 Å². The van der Waals surface area contributed by atoms with E-state index in [2.05, 4.69) is 36.4 Å². The van der Waals surface area contributed by atoms with Crippen LogP contribution in [0.1, 0.15) is 48.0 Å². The number of hydrogen-bond donors (Lipinski definition) is 2. The maximum Gasteiger partial charge on any atom is 0.251 e.